The quantitative estimate of drug-likeness (QED) is 0.632. The van der Waals surface area contributed by atoms with Crippen LogP contribution in [0.2, 0.25) is 0 Å². The van der Waals surface area contributed by atoms with Gasteiger partial charge in [0.2, 0.25) is 10.0 Å². The lowest BCUT2D eigenvalue weighted by molar-refractivity contribution is 0.0669. The molecule has 0 fully saturated rings. The smallest absolute Gasteiger partial charge is 0.208 e. The van der Waals surface area contributed by atoms with Gasteiger partial charge in [-0.05, 0) is 32.4 Å². The van der Waals surface area contributed by atoms with Crippen molar-refractivity contribution >= 4 is 27.1 Å². The van der Waals surface area contributed by atoms with E-state index in [1.807, 2.05) is 19.9 Å². The SMILES string of the molecule is CCO[C@H](C)c1nccn1CC(=O)c1ccc(CCNS(C)(=O)=O)s1. The number of ether oxygens (including phenoxy) is 1. The number of imidazole rings is 1. The molecule has 2 aromatic heterocycles. The summed E-state index contributed by atoms with van der Waals surface area (Å²) in [5, 5.41) is 0. The summed E-state index contributed by atoms with van der Waals surface area (Å²) in [6, 6.07) is 3.64. The molecule has 1 atom stereocenters. The van der Waals surface area contributed by atoms with Crippen molar-refractivity contribution in [2.24, 2.45) is 0 Å². The highest BCUT2D eigenvalue weighted by molar-refractivity contribution is 7.88. The minimum absolute atomic E-state index is 0.00438. The van der Waals surface area contributed by atoms with Crippen LogP contribution >= 0.6 is 11.3 Å². The number of thiophene rings is 1. The molecule has 0 spiro atoms. The third-order valence-electron chi connectivity index (χ3n) is 3.51. The first-order valence-electron chi connectivity index (χ1n) is 7.99. The number of nitrogens with zero attached hydrogens (tertiary/aromatic N) is 2. The maximum absolute atomic E-state index is 12.5. The highest BCUT2D eigenvalue weighted by Crippen LogP contribution is 2.20. The van der Waals surface area contributed by atoms with E-state index in [1.54, 1.807) is 23.0 Å². The second kappa shape index (κ2) is 8.70. The number of carbonyl (C=O) groups is 1. The van der Waals surface area contributed by atoms with Crippen molar-refractivity contribution in [2.45, 2.75) is 32.9 Å². The highest BCUT2D eigenvalue weighted by Gasteiger charge is 2.16. The van der Waals surface area contributed by atoms with Crippen molar-refractivity contribution in [1.82, 2.24) is 14.3 Å². The summed E-state index contributed by atoms with van der Waals surface area (Å²) in [5.41, 5.74) is 0. The fraction of sp³-hybridized carbons (Fsp3) is 0.500. The van der Waals surface area contributed by atoms with E-state index in [1.165, 1.54) is 11.3 Å². The van der Waals surface area contributed by atoms with Crippen molar-refractivity contribution in [3.8, 4) is 0 Å². The van der Waals surface area contributed by atoms with Crippen molar-refractivity contribution in [3.63, 3.8) is 0 Å². The number of nitrogens with one attached hydrogen (secondary N) is 1. The number of sulfonamides is 1. The predicted molar refractivity (Wildman–Crippen MR) is 97.5 cm³/mol. The van der Waals surface area contributed by atoms with Gasteiger partial charge in [-0.25, -0.2) is 18.1 Å². The lowest BCUT2D eigenvalue weighted by Crippen LogP contribution is -2.24. The molecule has 1 N–H and O–H groups in total. The van der Waals surface area contributed by atoms with Gasteiger partial charge >= 0.3 is 0 Å². The first-order valence-corrected chi connectivity index (χ1v) is 10.7. The van der Waals surface area contributed by atoms with E-state index < -0.39 is 10.0 Å². The van der Waals surface area contributed by atoms with E-state index in [9.17, 15) is 13.2 Å². The highest BCUT2D eigenvalue weighted by atomic mass is 32.2. The molecule has 9 heteroatoms. The van der Waals surface area contributed by atoms with Crippen LogP contribution in [0.3, 0.4) is 0 Å². The zero-order valence-electron chi connectivity index (χ0n) is 14.6. The molecule has 2 heterocycles. The van der Waals surface area contributed by atoms with Crippen LogP contribution in [0.25, 0.3) is 0 Å². The summed E-state index contributed by atoms with van der Waals surface area (Å²) < 4.78 is 31.9. The number of Topliss-reactive ketones (excluding diaryl/α,β-unsaturated/α-hetero) is 1. The average molecular weight is 386 g/mol. The van der Waals surface area contributed by atoms with Gasteiger partial charge in [0.1, 0.15) is 11.9 Å². The zero-order valence-corrected chi connectivity index (χ0v) is 16.2. The number of rotatable bonds is 10. The molecule has 7 nitrogen and oxygen atoms in total. The molecule has 0 saturated carbocycles. The number of aromatic nitrogens is 2. The Hall–Kier alpha value is -1.55. The van der Waals surface area contributed by atoms with Gasteiger partial charge in [-0.15, -0.1) is 11.3 Å². The Morgan fingerprint density at radius 2 is 2.20 bits per heavy atom. The fourth-order valence-corrected chi connectivity index (χ4v) is 3.80. The van der Waals surface area contributed by atoms with Crippen LogP contribution in [0.15, 0.2) is 24.5 Å². The van der Waals surface area contributed by atoms with E-state index >= 15 is 0 Å². The standard InChI is InChI=1S/C16H23N3O4S2/c1-4-23-12(2)16-17-9-10-19(16)11-14(20)15-6-5-13(24-15)7-8-18-25(3,21)22/h5-6,9-10,12,18H,4,7-8,11H2,1-3H3/t12-/m1/s1. The van der Waals surface area contributed by atoms with Crippen molar-refractivity contribution in [1.29, 1.82) is 0 Å². The molecule has 138 valence electrons. The fourth-order valence-electron chi connectivity index (χ4n) is 2.39. The van der Waals surface area contributed by atoms with Crippen molar-refractivity contribution in [2.75, 3.05) is 19.4 Å². The Balaban J connectivity index is 1.97. The van der Waals surface area contributed by atoms with Gasteiger partial charge in [0, 0.05) is 30.4 Å². The van der Waals surface area contributed by atoms with Gasteiger partial charge < -0.3 is 9.30 Å². The minimum Gasteiger partial charge on any atom is -0.371 e. The van der Waals surface area contributed by atoms with Gasteiger partial charge in [-0.3, -0.25) is 4.79 Å². The predicted octanol–water partition coefficient (Wildman–Crippen LogP) is 2.02. The number of hydrogen-bond donors (Lipinski definition) is 1. The summed E-state index contributed by atoms with van der Waals surface area (Å²) >= 11 is 1.39. The Morgan fingerprint density at radius 3 is 2.88 bits per heavy atom. The second-order valence-electron chi connectivity index (χ2n) is 5.62. The third-order valence-corrected chi connectivity index (χ3v) is 5.43. The Kier molecular flexibility index (Phi) is 6.88. The van der Waals surface area contributed by atoms with E-state index in [0.717, 1.165) is 17.0 Å². The first-order chi connectivity index (χ1) is 11.8. The minimum atomic E-state index is -3.19. The van der Waals surface area contributed by atoms with E-state index in [-0.39, 0.29) is 18.4 Å². The summed E-state index contributed by atoms with van der Waals surface area (Å²) in [6.07, 6.45) is 4.95. The normalized spacial score (nSPS) is 13.1. The summed E-state index contributed by atoms with van der Waals surface area (Å²) in [4.78, 5) is 18.4. The van der Waals surface area contributed by atoms with Crippen LogP contribution in [0, 0.1) is 0 Å². The molecular formula is C16H23N3O4S2. The van der Waals surface area contributed by atoms with Gasteiger partial charge in [0.05, 0.1) is 17.7 Å². The Bertz CT molecular complexity index is 811. The van der Waals surface area contributed by atoms with Gasteiger partial charge in [0.15, 0.2) is 5.78 Å². The molecule has 0 radical (unpaired) electrons. The molecule has 2 rings (SSSR count). The molecule has 0 unspecified atom stereocenters. The van der Waals surface area contributed by atoms with Crippen LogP contribution in [0.5, 0.6) is 0 Å². The lowest BCUT2D eigenvalue weighted by Gasteiger charge is -2.13. The number of ketones is 1. The van der Waals surface area contributed by atoms with Crippen LogP contribution < -0.4 is 4.72 Å². The molecular weight excluding hydrogens is 362 g/mol. The maximum Gasteiger partial charge on any atom is 0.208 e. The average Bonchev–Trinajstić information content (AvgIpc) is 3.15. The molecule has 0 aromatic carbocycles. The third kappa shape index (κ3) is 6.03. The van der Waals surface area contributed by atoms with Gasteiger partial charge in [0.25, 0.3) is 0 Å². The molecule has 0 amide bonds. The Labute approximate surface area is 152 Å². The largest absolute Gasteiger partial charge is 0.371 e. The zero-order chi connectivity index (χ0) is 18.4. The van der Waals surface area contributed by atoms with Gasteiger partial charge in [-0.2, -0.15) is 0 Å². The topological polar surface area (TPSA) is 90.3 Å². The summed E-state index contributed by atoms with van der Waals surface area (Å²) in [7, 11) is -3.19. The molecule has 0 aliphatic rings. The molecule has 2 aromatic rings. The monoisotopic (exact) mass is 385 g/mol. The van der Waals surface area contributed by atoms with Gasteiger partial charge in [-0.1, -0.05) is 0 Å². The molecule has 0 saturated heterocycles. The lowest BCUT2D eigenvalue weighted by atomic mass is 10.3. The number of carbonyl (C=O) groups excluding carboxylic acids is 1. The second-order valence-corrected chi connectivity index (χ2v) is 8.62. The molecule has 0 aliphatic heterocycles. The van der Waals surface area contributed by atoms with Crippen LogP contribution in [-0.2, 0) is 27.7 Å². The molecule has 0 bridgehead atoms. The Morgan fingerprint density at radius 1 is 1.44 bits per heavy atom. The summed E-state index contributed by atoms with van der Waals surface area (Å²) in [6.45, 7) is 4.93. The van der Waals surface area contributed by atoms with Crippen molar-refractivity contribution < 1.29 is 17.9 Å². The van der Waals surface area contributed by atoms with E-state index in [4.69, 9.17) is 4.74 Å². The van der Waals surface area contributed by atoms with Crippen molar-refractivity contribution in [3.05, 3.63) is 40.1 Å². The van der Waals surface area contributed by atoms with Crippen LogP contribution in [-0.4, -0.2) is 43.2 Å². The molecule has 0 aliphatic carbocycles. The van der Waals surface area contributed by atoms with E-state index in [2.05, 4.69) is 9.71 Å². The maximum atomic E-state index is 12.5. The van der Waals surface area contributed by atoms with Crippen LogP contribution in [0.1, 0.15) is 40.3 Å². The van der Waals surface area contributed by atoms with Crippen LogP contribution in [0.4, 0.5) is 0 Å². The molecule has 25 heavy (non-hydrogen) atoms. The number of hydrogen-bond acceptors (Lipinski definition) is 6. The first kappa shape index (κ1) is 19.8. The summed E-state index contributed by atoms with van der Waals surface area (Å²) in [5.74, 6) is 0.722. The van der Waals surface area contributed by atoms with E-state index in [0.29, 0.717) is 24.4 Å².